The van der Waals surface area contributed by atoms with Crippen molar-refractivity contribution in [2.75, 3.05) is 19.0 Å². The largest absolute Gasteiger partial charge is 0.343 e. The van der Waals surface area contributed by atoms with Gasteiger partial charge in [-0.25, -0.2) is 4.39 Å². The van der Waals surface area contributed by atoms with Crippen LogP contribution in [0.5, 0.6) is 0 Å². The first-order valence-electron chi connectivity index (χ1n) is 6.78. The zero-order chi connectivity index (χ0) is 14.5. The van der Waals surface area contributed by atoms with E-state index >= 15 is 0 Å². The molecule has 2 rings (SSSR count). The Bertz CT molecular complexity index is 533. The molecule has 1 aromatic carbocycles. The molecule has 1 aromatic heterocycles. The van der Waals surface area contributed by atoms with Crippen LogP contribution in [0.4, 0.5) is 15.8 Å². The molecule has 2 aromatic rings. The summed E-state index contributed by atoms with van der Waals surface area (Å²) >= 11 is 0. The lowest BCUT2D eigenvalue weighted by Crippen LogP contribution is -2.17. The fourth-order valence-corrected chi connectivity index (χ4v) is 2.18. The van der Waals surface area contributed by atoms with E-state index in [4.69, 9.17) is 0 Å². The first-order chi connectivity index (χ1) is 9.65. The molecule has 3 nitrogen and oxygen atoms in total. The second-order valence-corrected chi connectivity index (χ2v) is 4.73. The van der Waals surface area contributed by atoms with Gasteiger partial charge in [-0.15, -0.1) is 0 Å². The Kier molecular flexibility index (Phi) is 4.69. The van der Waals surface area contributed by atoms with Crippen molar-refractivity contribution in [3.05, 3.63) is 54.1 Å². The predicted octanol–water partition coefficient (Wildman–Crippen LogP) is 3.66. The van der Waals surface area contributed by atoms with Crippen LogP contribution in [0, 0.1) is 5.82 Å². The van der Waals surface area contributed by atoms with Gasteiger partial charge in [0.25, 0.3) is 0 Å². The van der Waals surface area contributed by atoms with Crippen LogP contribution in [0.1, 0.15) is 25.1 Å². The molecule has 1 N–H and O–H groups in total. The van der Waals surface area contributed by atoms with Crippen LogP contribution in [0.3, 0.4) is 0 Å². The first-order valence-corrected chi connectivity index (χ1v) is 6.78. The van der Waals surface area contributed by atoms with Crippen molar-refractivity contribution in [1.82, 2.24) is 10.3 Å². The topological polar surface area (TPSA) is 28.2 Å². The summed E-state index contributed by atoms with van der Waals surface area (Å²) in [7, 11) is 3.88. The van der Waals surface area contributed by atoms with Gasteiger partial charge in [-0.1, -0.05) is 6.92 Å². The predicted molar refractivity (Wildman–Crippen MR) is 80.8 cm³/mol. The third kappa shape index (κ3) is 3.14. The molecule has 106 valence electrons. The zero-order valence-corrected chi connectivity index (χ0v) is 12.1. The molecule has 0 bridgehead atoms. The van der Waals surface area contributed by atoms with E-state index in [0.717, 1.165) is 23.5 Å². The maximum atomic E-state index is 12.9. The van der Waals surface area contributed by atoms with Gasteiger partial charge < -0.3 is 10.2 Å². The summed E-state index contributed by atoms with van der Waals surface area (Å²) in [5.41, 5.74) is 2.94. The Morgan fingerprint density at radius 2 is 1.80 bits per heavy atom. The Hall–Kier alpha value is -1.94. The highest BCUT2D eigenvalue weighted by Crippen LogP contribution is 2.24. The number of halogens is 1. The highest BCUT2D eigenvalue weighted by Gasteiger charge is 2.09. The van der Waals surface area contributed by atoms with Crippen molar-refractivity contribution in [2.24, 2.45) is 0 Å². The lowest BCUT2D eigenvalue weighted by atomic mass is 10.1. The molecule has 20 heavy (non-hydrogen) atoms. The van der Waals surface area contributed by atoms with E-state index < -0.39 is 0 Å². The molecule has 1 atom stereocenters. The molecule has 0 aliphatic heterocycles. The maximum absolute atomic E-state index is 12.9. The van der Waals surface area contributed by atoms with Gasteiger partial charge in [-0.3, -0.25) is 4.98 Å². The van der Waals surface area contributed by atoms with Gasteiger partial charge in [0, 0.05) is 18.8 Å². The minimum atomic E-state index is -0.226. The lowest BCUT2D eigenvalue weighted by Gasteiger charge is -2.20. The minimum absolute atomic E-state index is 0.226. The van der Waals surface area contributed by atoms with Crippen LogP contribution in [-0.2, 0) is 0 Å². The molecule has 0 saturated heterocycles. The van der Waals surface area contributed by atoms with Crippen LogP contribution < -0.4 is 10.2 Å². The first kappa shape index (κ1) is 14.5. The molecule has 0 aliphatic rings. The number of hydrogen-bond donors (Lipinski definition) is 1. The number of pyridine rings is 1. The van der Waals surface area contributed by atoms with E-state index in [1.165, 1.54) is 12.1 Å². The summed E-state index contributed by atoms with van der Waals surface area (Å²) in [6.07, 6.45) is 2.84. The third-order valence-electron chi connectivity index (χ3n) is 3.49. The summed E-state index contributed by atoms with van der Waals surface area (Å²) in [6.45, 7) is 2.13. The second-order valence-electron chi connectivity index (χ2n) is 4.73. The van der Waals surface area contributed by atoms with Crippen molar-refractivity contribution >= 4 is 11.4 Å². The average molecular weight is 273 g/mol. The smallest absolute Gasteiger partial charge is 0.123 e. The summed E-state index contributed by atoms with van der Waals surface area (Å²) in [5.74, 6) is -0.226. The van der Waals surface area contributed by atoms with Crippen LogP contribution in [0.25, 0.3) is 0 Å². The highest BCUT2D eigenvalue weighted by atomic mass is 19.1. The monoisotopic (exact) mass is 273 g/mol. The van der Waals surface area contributed by atoms with Crippen LogP contribution in [0.15, 0.2) is 42.6 Å². The lowest BCUT2D eigenvalue weighted by molar-refractivity contribution is 0.562. The second kappa shape index (κ2) is 6.48. The van der Waals surface area contributed by atoms with E-state index in [9.17, 15) is 4.39 Å². The Morgan fingerprint density at radius 1 is 1.15 bits per heavy atom. The fraction of sp³-hybridized carbons (Fsp3) is 0.312. The Labute approximate surface area is 119 Å². The number of aromatic nitrogens is 1. The van der Waals surface area contributed by atoms with Crippen molar-refractivity contribution in [1.29, 1.82) is 0 Å². The maximum Gasteiger partial charge on any atom is 0.123 e. The summed E-state index contributed by atoms with van der Waals surface area (Å²) in [4.78, 5) is 6.49. The molecule has 1 heterocycles. The molecule has 0 spiro atoms. The summed E-state index contributed by atoms with van der Waals surface area (Å²) in [6, 6.07) is 10.8. The van der Waals surface area contributed by atoms with E-state index in [-0.39, 0.29) is 11.9 Å². The fourth-order valence-electron chi connectivity index (χ4n) is 2.18. The number of benzene rings is 1. The van der Waals surface area contributed by atoms with Crippen molar-refractivity contribution in [2.45, 2.75) is 19.4 Å². The van der Waals surface area contributed by atoms with Crippen molar-refractivity contribution in [3.8, 4) is 0 Å². The van der Waals surface area contributed by atoms with Gasteiger partial charge in [0.2, 0.25) is 0 Å². The normalized spacial score (nSPS) is 12.2. The number of hydrogen-bond acceptors (Lipinski definition) is 3. The zero-order valence-electron chi connectivity index (χ0n) is 12.1. The Balaban J connectivity index is 2.19. The van der Waals surface area contributed by atoms with Gasteiger partial charge in [0.05, 0.1) is 17.6 Å². The quantitative estimate of drug-likeness (QED) is 0.901. The average Bonchev–Trinajstić information content (AvgIpc) is 2.49. The van der Waals surface area contributed by atoms with E-state index in [2.05, 4.69) is 17.2 Å². The Morgan fingerprint density at radius 3 is 2.30 bits per heavy atom. The van der Waals surface area contributed by atoms with Crippen molar-refractivity contribution in [3.63, 3.8) is 0 Å². The van der Waals surface area contributed by atoms with Crippen LogP contribution >= 0.6 is 0 Å². The standard InChI is InChI=1S/C16H20FN3/c1-4-15(18-2)16-10-9-14(11-19-16)20(3)13-7-5-12(17)6-8-13/h5-11,15,18H,4H2,1-3H3. The number of nitrogens with zero attached hydrogens (tertiary/aromatic N) is 2. The molecule has 0 aliphatic carbocycles. The third-order valence-corrected chi connectivity index (χ3v) is 3.49. The molecule has 1 unspecified atom stereocenters. The van der Waals surface area contributed by atoms with Gasteiger partial charge in [-0.2, -0.15) is 0 Å². The van der Waals surface area contributed by atoms with Crippen LogP contribution in [0.2, 0.25) is 0 Å². The molecule has 0 radical (unpaired) electrons. The number of anilines is 2. The van der Waals surface area contributed by atoms with E-state index in [0.29, 0.717) is 0 Å². The molecule has 0 amide bonds. The van der Waals surface area contributed by atoms with Gasteiger partial charge >= 0.3 is 0 Å². The minimum Gasteiger partial charge on any atom is -0.343 e. The number of rotatable bonds is 5. The van der Waals surface area contributed by atoms with E-state index in [1.54, 1.807) is 12.1 Å². The van der Waals surface area contributed by atoms with Crippen molar-refractivity contribution < 1.29 is 4.39 Å². The van der Waals surface area contributed by atoms with E-state index in [1.807, 2.05) is 37.3 Å². The van der Waals surface area contributed by atoms with Gasteiger partial charge in [0.1, 0.15) is 5.82 Å². The SMILES string of the molecule is CCC(NC)c1ccc(N(C)c2ccc(F)cc2)cn1. The molecular weight excluding hydrogens is 253 g/mol. The van der Waals surface area contributed by atoms with Gasteiger partial charge in [0.15, 0.2) is 0 Å². The summed E-state index contributed by atoms with van der Waals surface area (Å²) < 4.78 is 12.9. The van der Waals surface area contributed by atoms with Gasteiger partial charge in [-0.05, 0) is 49.9 Å². The number of nitrogens with one attached hydrogen (secondary N) is 1. The van der Waals surface area contributed by atoms with Crippen LogP contribution in [-0.4, -0.2) is 19.1 Å². The molecule has 4 heteroatoms. The molecular formula is C16H20FN3. The molecule has 0 fully saturated rings. The molecule has 0 saturated carbocycles. The highest BCUT2D eigenvalue weighted by molar-refractivity contribution is 5.61. The summed E-state index contributed by atoms with van der Waals surface area (Å²) in [5, 5.41) is 3.24.